The number of benzene rings is 3. The summed E-state index contributed by atoms with van der Waals surface area (Å²) in [4.78, 5) is 33.6. The number of H-pyrrole nitrogens is 1. The van der Waals surface area contributed by atoms with Gasteiger partial charge < -0.3 is 24.8 Å². The van der Waals surface area contributed by atoms with E-state index in [1.165, 1.54) is 4.90 Å². The van der Waals surface area contributed by atoms with Gasteiger partial charge in [-0.3, -0.25) is 4.79 Å². The summed E-state index contributed by atoms with van der Waals surface area (Å²) >= 11 is 12.5. The maximum atomic E-state index is 13.7. The first-order valence-corrected chi connectivity index (χ1v) is 13.6. The van der Waals surface area contributed by atoms with Gasteiger partial charge in [0.25, 0.3) is 0 Å². The van der Waals surface area contributed by atoms with Crippen molar-refractivity contribution < 1.29 is 14.3 Å². The van der Waals surface area contributed by atoms with Gasteiger partial charge in [-0.2, -0.15) is 0 Å². The number of rotatable bonds is 12. The number of carbonyl (C=O) groups is 2. The molecule has 0 aliphatic rings. The minimum absolute atomic E-state index is 0.0989. The number of anilines is 1. The number of methoxy groups -OCH3 is 1. The molecule has 3 amide bonds. The summed E-state index contributed by atoms with van der Waals surface area (Å²) in [5.41, 5.74) is 3.53. The van der Waals surface area contributed by atoms with Crippen LogP contribution in [0.5, 0.6) is 0 Å². The van der Waals surface area contributed by atoms with Gasteiger partial charge in [-0.25, -0.2) is 4.79 Å². The minimum atomic E-state index is -0.453. The second-order valence-corrected chi connectivity index (χ2v) is 10.0. The molecule has 2 N–H and O–H groups in total. The molecule has 0 unspecified atom stereocenters. The molecular weight excluding hydrogens is 535 g/mol. The largest absolute Gasteiger partial charge is 0.385 e. The minimum Gasteiger partial charge on any atom is -0.385 e. The quantitative estimate of drug-likeness (QED) is 0.189. The Balaban J connectivity index is 1.52. The molecule has 4 rings (SSSR count). The Bertz CT molecular complexity index is 1370. The van der Waals surface area contributed by atoms with Crippen molar-refractivity contribution in [1.29, 1.82) is 0 Å². The molecule has 39 heavy (non-hydrogen) atoms. The van der Waals surface area contributed by atoms with Crippen LogP contribution < -0.4 is 5.32 Å². The van der Waals surface area contributed by atoms with Crippen LogP contribution in [0.4, 0.5) is 10.5 Å². The number of urea groups is 1. The monoisotopic (exact) mass is 566 g/mol. The van der Waals surface area contributed by atoms with Crippen molar-refractivity contribution in [2.45, 2.75) is 19.4 Å². The molecule has 0 saturated heterocycles. The van der Waals surface area contributed by atoms with E-state index in [4.69, 9.17) is 27.9 Å². The van der Waals surface area contributed by atoms with E-state index in [0.29, 0.717) is 54.8 Å². The van der Waals surface area contributed by atoms with E-state index in [9.17, 15) is 9.59 Å². The average molecular weight is 568 g/mol. The van der Waals surface area contributed by atoms with Gasteiger partial charge in [0.1, 0.15) is 6.54 Å². The summed E-state index contributed by atoms with van der Waals surface area (Å²) < 4.78 is 5.18. The molecule has 9 heteroatoms. The molecule has 3 aromatic carbocycles. The van der Waals surface area contributed by atoms with Crippen LogP contribution in [-0.4, -0.2) is 60.1 Å². The number of fused-ring (bicyclic) bond motifs is 1. The molecule has 0 spiro atoms. The number of para-hydroxylation sites is 2. The number of carbonyl (C=O) groups excluding carboxylic acids is 2. The highest BCUT2D eigenvalue weighted by Gasteiger charge is 2.23. The molecule has 0 radical (unpaired) electrons. The zero-order valence-electron chi connectivity index (χ0n) is 21.8. The van der Waals surface area contributed by atoms with Crippen molar-refractivity contribution in [2.24, 2.45) is 0 Å². The average Bonchev–Trinajstić information content (AvgIpc) is 3.36. The van der Waals surface area contributed by atoms with Crippen LogP contribution >= 0.6 is 23.2 Å². The number of hydrogen-bond acceptors (Lipinski definition) is 3. The first-order chi connectivity index (χ1) is 19.0. The lowest BCUT2D eigenvalue weighted by molar-refractivity contribution is -0.132. The predicted octanol–water partition coefficient (Wildman–Crippen LogP) is 6.62. The van der Waals surface area contributed by atoms with Crippen LogP contribution in [0.1, 0.15) is 17.5 Å². The van der Waals surface area contributed by atoms with E-state index in [-0.39, 0.29) is 12.5 Å². The Hall–Kier alpha value is -3.52. The number of halogens is 2. The second kappa shape index (κ2) is 14.0. The van der Waals surface area contributed by atoms with E-state index in [1.54, 1.807) is 30.2 Å². The fourth-order valence-corrected chi connectivity index (χ4v) is 4.90. The zero-order chi connectivity index (χ0) is 27.6. The van der Waals surface area contributed by atoms with Crippen LogP contribution in [0.2, 0.25) is 10.0 Å². The maximum absolute atomic E-state index is 13.7. The van der Waals surface area contributed by atoms with Crippen molar-refractivity contribution >= 4 is 51.7 Å². The van der Waals surface area contributed by atoms with Crippen molar-refractivity contribution in [3.63, 3.8) is 0 Å². The molecule has 0 bridgehead atoms. The summed E-state index contributed by atoms with van der Waals surface area (Å²) in [7, 11) is 1.60. The summed E-state index contributed by atoms with van der Waals surface area (Å²) in [5.74, 6) is -0.156. The van der Waals surface area contributed by atoms with Gasteiger partial charge in [0.05, 0.1) is 15.7 Å². The van der Waals surface area contributed by atoms with E-state index < -0.39 is 6.03 Å². The normalized spacial score (nSPS) is 10.9. The second-order valence-electron chi connectivity index (χ2n) is 9.21. The molecule has 7 nitrogen and oxygen atoms in total. The van der Waals surface area contributed by atoms with Gasteiger partial charge in [-0.05, 0) is 42.2 Å². The Kier molecular flexibility index (Phi) is 10.3. The summed E-state index contributed by atoms with van der Waals surface area (Å²) in [6, 6.07) is 22.5. The van der Waals surface area contributed by atoms with Crippen molar-refractivity contribution in [1.82, 2.24) is 14.8 Å². The Morgan fingerprint density at radius 2 is 1.62 bits per heavy atom. The summed E-state index contributed by atoms with van der Waals surface area (Å²) in [5, 5.41) is 4.57. The number of hydrogen-bond donors (Lipinski definition) is 2. The number of nitrogens with zero attached hydrogens (tertiary/aromatic N) is 2. The Labute approximate surface area is 238 Å². The van der Waals surface area contributed by atoms with Crippen molar-refractivity contribution in [2.75, 3.05) is 38.7 Å². The molecule has 0 saturated carbocycles. The number of nitrogens with one attached hydrogen (secondary N) is 2. The van der Waals surface area contributed by atoms with E-state index in [1.807, 2.05) is 54.7 Å². The molecule has 0 atom stereocenters. The number of aromatic nitrogens is 1. The van der Waals surface area contributed by atoms with Gasteiger partial charge in [0.2, 0.25) is 5.91 Å². The molecule has 0 aliphatic carbocycles. The molecule has 1 aromatic heterocycles. The first kappa shape index (κ1) is 28.5. The fourth-order valence-electron chi connectivity index (χ4n) is 4.41. The molecular formula is C30H32Cl2N4O3. The summed E-state index contributed by atoms with van der Waals surface area (Å²) in [6.45, 7) is 1.62. The van der Waals surface area contributed by atoms with Gasteiger partial charge in [0.15, 0.2) is 0 Å². The third-order valence-electron chi connectivity index (χ3n) is 6.48. The number of amides is 3. The lowest BCUT2D eigenvalue weighted by Crippen LogP contribution is -2.45. The van der Waals surface area contributed by atoms with Gasteiger partial charge in [-0.15, -0.1) is 0 Å². The first-order valence-electron chi connectivity index (χ1n) is 12.8. The van der Waals surface area contributed by atoms with Crippen LogP contribution in [0, 0.1) is 0 Å². The molecule has 0 fully saturated rings. The zero-order valence-corrected chi connectivity index (χ0v) is 23.3. The molecule has 4 aromatic rings. The Morgan fingerprint density at radius 3 is 2.36 bits per heavy atom. The number of aromatic amines is 1. The summed E-state index contributed by atoms with van der Waals surface area (Å²) in [6.07, 6.45) is 3.24. The molecule has 204 valence electrons. The van der Waals surface area contributed by atoms with E-state index in [0.717, 1.165) is 22.0 Å². The highest BCUT2D eigenvalue weighted by Crippen LogP contribution is 2.30. The SMILES string of the molecule is COCCCN(CC(=O)N(CCc1c[nH]c2ccccc12)Cc1ccccc1)C(=O)Nc1c(Cl)cccc1Cl. The molecule has 1 heterocycles. The van der Waals surface area contributed by atoms with Crippen molar-refractivity contribution in [3.05, 3.63) is 100 Å². The lowest BCUT2D eigenvalue weighted by atomic mass is 10.1. The van der Waals surface area contributed by atoms with Gasteiger partial charge in [-0.1, -0.05) is 77.8 Å². The van der Waals surface area contributed by atoms with Crippen LogP contribution in [0.3, 0.4) is 0 Å². The van der Waals surface area contributed by atoms with Gasteiger partial charge in [0, 0.05) is 50.5 Å². The standard InChI is InChI=1S/C30H32Cl2N4O3/c1-39-18-8-16-36(30(38)34-29-25(31)12-7-13-26(29)32)21-28(37)35(20-22-9-3-2-4-10-22)17-15-23-19-33-27-14-6-5-11-24(23)27/h2-7,9-14,19,33H,8,15-18,20-21H2,1H3,(H,34,38). The van der Waals surface area contributed by atoms with Gasteiger partial charge >= 0.3 is 6.03 Å². The van der Waals surface area contributed by atoms with Crippen molar-refractivity contribution in [3.8, 4) is 0 Å². The van der Waals surface area contributed by atoms with Crippen LogP contribution in [-0.2, 0) is 22.5 Å². The highest BCUT2D eigenvalue weighted by atomic mass is 35.5. The number of ether oxygens (including phenoxy) is 1. The van der Waals surface area contributed by atoms with Crippen LogP contribution in [0.15, 0.2) is 79.0 Å². The third kappa shape index (κ3) is 7.76. The van der Waals surface area contributed by atoms with E-state index in [2.05, 4.69) is 16.4 Å². The van der Waals surface area contributed by atoms with E-state index >= 15 is 0 Å². The maximum Gasteiger partial charge on any atom is 0.322 e. The predicted molar refractivity (Wildman–Crippen MR) is 157 cm³/mol. The Morgan fingerprint density at radius 1 is 0.897 bits per heavy atom. The molecule has 0 aliphatic heterocycles. The third-order valence-corrected chi connectivity index (χ3v) is 7.11. The lowest BCUT2D eigenvalue weighted by Gasteiger charge is -2.28. The smallest absolute Gasteiger partial charge is 0.322 e. The topological polar surface area (TPSA) is 77.7 Å². The highest BCUT2D eigenvalue weighted by molar-refractivity contribution is 6.39. The fraction of sp³-hybridized carbons (Fsp3) is 0.267. The van der Waals surface area contributed by atoms with Crippen LogP contribution in [0.25, 0.3) is 10.9 Å².